The van der Waals surface area contributed by atoms with E-state index in [0.717, 1.165) is 37.9 Å². The molecule has 8 aromatic carbocycles. The molecule has 0 saturated heterocycles. The second-order valence-corrected chi connectivity index (χ2v) is 15.9. The molecule has 0 bridgehead atoms. The van der Waals surface area contributed by atoms with Crippen molar-refractivity contribution in [2.45, 2.75) is 5.41 Å². The van der Waals surface area contributed by atoms with Crippen molar-refractivity contribution in [1.29, 1.82) is 0 Å². The van der Waals surface area contributed by atoms with E-state index >= 15 is 0 Å². The van der Waals surface area contributed by atoms with Gasteiger partial charge in [-0.3, -0.25) is 4.57 Å². The third-order valence-corrected chi connectivity index (χ3v) is 13.4. The van der Waals surface area contributed by atoms with Crippen LogP contribution in [0.3, 0.4) is 0 Å². The maximum absolute atomic E-state index is 5.58. The Balaban J connectivity index is 1.18. The van der Waals surface area contributed by atoms with Crippen LogP contribution in [0.1, 0.15) is 22.3 Å². The second kappa shape index (κ2) is 10.6. The Hall–Kier alpha value is -6.88. The Morgan fingerprint density at radius 3 is 1.85 bits per heavy atom. The summed E-state index contributed by atoms with van der Waals surface area (Å²) in [6.45, 7) is 0. The molecule has 0 unspecified atom stereocenters. The predicted molar refractivity (Wildman–Crippen MR) is 228 cm³/mol. The zero-order valence-electron chi connectivity index (χ0n) is 29.5. The van der Waals surface area contributed by atoms with E-state index in [4.69, 9.17) is 9.97 Å². The molecule has 254 valence electrons. The SMILES string of the molecule is c1ccc(-c2ccc3sc4c(-c5ccccc5)nc(-n5c6cccc7c6c6c8c(cccc8ccc65)C75c6ccccc6-c6ccccc65)nc4c3c2)cc1. The minimum absolute atomic E-state index is 0.461. The van der Waals surface area contributed by atoms with E-state index < -0.39 is 5.41 Å². The zero-order valence-corrected chi connectivity index (χ0v) is 30.3. The summed E-state index contributed by atoms with van der Waals surface area (Å²) < 4.78 is 4.65. The number of thiophene rings is 1. The summed E-state index contributed by atoms with van der Waals surface area (Å²) >= 11 is 1.78. The molecule has 2 aliphatic rings. The molecule has 11 aromatic rings. The first-order chi connectivity index (χ1) is 27.3. The Kier molecular flexibility index (Phi) is 5.71. The fourth-order valence-electron chi connectivity index (χ4n) is 10.1. The summed E-state index contributed by atoms with van der Waals surface area (Å²) in [5, 5.41) is 6.27. The van der Waals surface area contributed by atoms with Crippen LogP contribution >= 0.6 is 11.3 Å². The number of benzene rings is 8. The van der Waals surface area contributed by atoms with Crippen molar-refractivity contribution in [1.82, 2.24) is 14.5 Å². The molecule has 3 heterocycles. The van der Waals surface area contributed by atoms with Crippen molar-refractivity contribution < 1.29 is 0 Å². The molecule has 0 atom stereocenters. The van der Waals surface area contributed by atoms with E-state index in [0.29, 0.717) is 5.95 Å². The highest BCUT2D eigenvalue weighted by Crippen LogP contribution is 2.62. The van der Waals surface area contributed by atoms with Crippen LogP contribution < -0.4 is 0 Å². The number of hydrogen-bond acceptors (Lipinski definition) is 3. The van der Waals surface area contributed by atoms with Crippen LogP contribution in [0.15, 0.2) is 176 Å². The highest BCUT2D eigenvalue weighted by atomic mass is 32.1. The van der Waals surface area contributed by atoms with Gasteiger partial charge >= 0.3 is 0 Å². The zero-order chi connectivity index (χ0) is 35.8. The highest BCUT2D eigenvalue weighted by Gasteiger charge is 2.50. The van der Waals surface area contributed by atoms with Crippen molar-refractivity contribution in [3.8, 4) is 39.5 Å². The van der Waals surface area contributed by atoms with Gasteiger partial charge in [-0.25, -0.2) is 9.97 Å². The van der Waals surface area contributed by atoms with Gasteiger partial charge in [-0.2, -0.15) is 0 Å². The molecule has 3 nitrogen and oxygen atoms in total. The van der Waals surface area contributed by atoms with Gasteiger partial charge in [-0.1, -0.05) is 152 Å². The molecule has 0 fully saturated rings. The monoisotopic (exact) mass is 715 g/mol. The Morgan fingerprint density at radius 2 is 1.09 bits per heavy atom. The third kappa shape index (κ3) is 3.70. The highest BCUT2D eigenvalue weighted by molar-refractivity contribution is 7.26. The van der Waals surface area contributed by atoms with Gasteiger partial charge in [-0.05, 0) is 79.5 Å². The molecule has 0 aliphatic heterocycles. The lowest BCUT2D eigenvalue weighted by atomic mass is 9.63. The first kappa shape index (κ1) is 29.6. The van der Waals surface area contributed by atoms with Crippen LogP contribution in [-0.2, 0) is 5.41 Å². The largest absolute Gasteiger partial charge is 0.278 e. The summed E-state index contributed by atoms with van der Waals surface area (Å²) in [5.74, 6) is 0.688. The summed E-state index contributed by atoms with van der Waals surface area (Å²) in [5.41, 5.74) is 15.1. The van der Waals surface area contributed by atoms with Gasteiger partial charge in [0, 0.05) is 26.4 Å². The van der Waals surface area contributed by atoms with Crippen molar-refractivity contribution >= 4 is 64.2 Å². The summed E-state index contributed by atoms with van der Waals surface area (Å²) in [6.07, 6.45) is 0. The van der Waals surface area contributed by atoms with Gasteiger partial charge in [0.15, 0.2) is 0 Å². The van der Waals surface area contributed by atoms with Crippen LogP contribution in [0, 0.1) is 0 Å². The van der Waals surface area contributed by atoms with Crippen molar-refractivity contribution in [3.63, 3.8) is 0 Å². The Bertz CT molecular complexity index is 3380. The number of hydrogen-bond donors (Lipinski definition) is 0. The first-order valence-electron chi connectivity index (χ1n) is 18.8. The molecule has 3 aromatic heterocycles. The van der Waals surface area contributed by atoms with Gasteiger partial charge < -0.3 is 0 Å². The summed E-state index contributed by atoms with van der Waals surface area (Å²) in [4.78, 5) is 11.1. The number of fused-ring (bicyclic) bond motifs is 10. The molecule has 0 saturated carbocycles. The molecular weight excluding hydrogens is 687 g/mol. The molecule has 2 aliphatic carbocycles. The molecular formula is C51H29N3S. The van der Waals surface area contributed by atoms with E-state index in [2.05, 4.69) is 180 Å². The molecule has 55 heavy (non-hydrogen) atoms. The minimum Gasteiger partial charge on any atom is -0.278 e. The van der Waals surface area contributed by atoms with Crippen molar-refractivity contribution in [2.75, 3.05) is 0 Å². The average molecular weight is 716 g/mol. The topological polar surface area (TPSA) is 30.7 Å². The molecule has 0 radical (unpaired) electrons. The van der Waals surface area contributed by atoms with Crippen LogP contribution in [-0.4, -0.2) is 14.5 Å². The summed E-state index contributed by atoms with van der Waals surface area (Å²) in [6, 6.07) is 64.4. The molecule has 4 heteroatoms. The molecule has 0 amide bonds. The van der Waals surface area contributed by atoms with Gasteiger partial charge in [-0.15, -0.1) is 11.3 Å². The van der Waals surface area contributed by atoms with Crippen molar-refractivity contribution in [2.24, 2.45) is 0 Å². The molecule has 0 N–H and O–H groups in total. The van der Waals surface area contributed by atoms with Crippen LogP contribution in [0.5, 0.6) is 0 Å². The minimum atomic E-state index is -0.461. The molecule has 13 rings (SSSR count). The predicted octanol–water partition coefficient (Wildman–Crippen LogP) is 13.1. The van der Waals surface area contributed by atoms with E-state index in [9.17, 15) is 0 Å². The van der Waals surface area contributed by atoms with E-state index in [1.807, 2.05) is 0 Å². The number of aromatic nitrogens is 3. The lowest BCUT2D eigenvalue weighted by Gasteiger charge is -2.37. The quantitative estimate of drug-likeness (QED) is 0.182. The Morgan fingerprint density at radius 1 is 0.455 bits per heavy atom. The fourth-order valence-corrected chi connectivity index (χ4v) is 11.2. The van der Waals surface area contributed by atoms with E-state index in [1.165, 1.54) is 70.8 Å². The molecule has 1 spiro atoms. The number of nitrogens with zero attached hydrogens (tertiary/aromatic N) is 3. The maximum atomic E-state index is 5.58. The lowest BCUT2D eigenvalue weighted by molar-refractivity contribution is 0.783. The lowest BCUT2D eigenvalue weighted by Crippen LogP contribution is -2.30. The van der Waals surface area contributed by atoms with Crippen LogP contribution in [0.25, 0.3) is 92.3 Å². The van der Waals surface area contributed by atoms with Gasteiger partial charge in [0.05, 0.1) is 32.4 Å². The van der Waals surface area contributed by atoms with Gasteiger partial charge in [0.1, 0.15) is 0 Å². The maximum Gasteiger partial charge on any atom is 0.235 e. The first-order valence-corrected chi connectivity index (χ1v) is 19.7. The fraction of sp³-hybridized carbons (Fsp3) is 0.0196. The third-order valence-electron chi connectivity index (χ3n) is 12.2. The van der Waals surface area contributed by atoms with E-state index in [1.54, 1.807) is 11.3 Å². The Labute approximate surface area is 320 Å². The normalized spacial score (nSPS) is 13.6. The van der Waals surface area contributed by atoms with Crippen LogP contribution in [0.2, 0.25) is 0 Å². The van der Waals surface area contributed by atoms with Gasteiger partial charge in [0.25, 0.3) is 0 Å². The van der Waals surface area contributed by atoms with Crippen LogP contribution in [0.4, 0.5) is 0 Å². The summed E-state index contributed by atoms with van der Waals surface area (Å²) in [7, 11) is 0. The second-order valence-electron chi connectivity index (χ2n) is 14.8. The van der Waals surface area contributed by atoms with E-state index in [-0.39, 0.29) is 0 Å². The van der Waals surface area contributed by atoms with Crippen molar-refractivity contribution in [3.05, 3.63) is 198 Å². The standard InChI is InChI=1S/C51H29N3S/c1-3-13-30(14-4-1)33-26-28-43-36(29-33)48-49(55-43)47(32-15-5-2-6-16-32)52-50(53-48)54-41-24-12-23-40-45(41)46-42(54)27-25-31-17-11-22-39(44(31)46)51(40)37-20-9-7-18-34(37)35-19-8-10-21-38(35)51/h1-29H. The van der Waals surface area contributed by atoms with Gasteiger partial charge in [0.2, 0.25) is 5.95 Å². The smallest absolute Gasteiger partial charge is 0.235 e. The number of rotatable bonds is 3. The average Bonchev–Trinajstić information content (AvgIpc) is 3.90.